The maximum atomic E-state index is 10.4. The Balaban J connectivity index is 2.04. The Morgan fingerprint density at radius 2 is 1.90 bits per heavy atom. The maximum absolute atomic E-state index is 10.4. The van der Waals surface area contributed by atoms with E-state index in [1.165, 1.54) is 0 Å². The molecule has 0 spiro atoms. The maximum Gasteiger partial charge on any atom is 0.0917 e. The number of aliphatic hydroxyl groups is 1. The van der Waals surface area contributed by atoms with Crippen LogP contribution in [-0.4, -0.2) is 27.6 Å². The summed E-state index contributed by atoms with van der Waals surface area (Å²) in [5.41, 5.74) is 2.03. The van der Waals surface area contributed by atoms with Crippen molar-refractivity contribution in [2.75, 3.05) is 6.54 Å². The molecule has 1 atom stereocenters. The van der Waals surface area contributed by atoms with Gasteiger partial charge in [-0.3, -0.25) is 9.88 Å². The Morgan fingerprint density at radius 3 is 2.48 bits per heavy atom. The molecule has 1 aromatic heterocycles. The van der Waals surface area contributed by atoms with Crippen LogP contribution in [0.25, 0.3) is 0 Å². The number of rotatable bonds is 6. The average Bonchev–Trinajstić information content (AvgIpc) is 2.48. The Morgan fingerprint density at radius 1 is 1.19 bits per heavy atom. The predicted molar refractivity (Wildman–Crippen MR) is 86.2 cm³/mol. The highest BCUT2D eigenvalue weighted by molar-refractivity contribution is 6.30. The number of aliphatic hydroxyl groups excluding tert-OH is 1. The van der Waals surface area contributed by atoms with Gasteiger partial charge >= 0.3 is 0 Å². The number of aromatic nitrogens is 1. The van der Waals surface area contributed by atoms with Crippen LogP contribution in [0.1, 0.15) is 31.1 Å². The molecule has 0 amide bonds. The number of halogens is 1. The second-order valence-corrected chi connectivity index (χ2v) is 5.89. The van der Waals surface area contributed by atoms with Crippen LogP contribution in [0.3, 0.4) is 0 Å². The summed E-state index contributed by atoms with van der Waals surface area (Å²) in [5.74, 6) is 0. The van der Waals surface area contributed by atoms with Gasteiger partial charge in [-0.1, -0.05) is 29.8 Å². The van der Waals surface area contributed by atoms with Gasteiger partial charge in [0.25, 0.3) is 0 Å². The first-order chi connectivity index (χ1) is 10.1. The third-order valence-electron chi connectivity index (χ3n) is 3.50. The molecule has 3 nitrogen and oxygen atoms in total. The summed E-state index contributed by atoms with van der Waals surface area (Å²) in [4.78, 5) is 6.37. The van der Waals surface area contributed by atoms with E-state index in [1.54, 1.807) is 18.3 Å². The van der Waals surface area contributed by atoms with Crippen LogP contribution in [0.4, 0.5) is 0 Å². The van der Waals surface area contributed by atoms with E-state index in [0.29, 0.717) is 17.6 Å². The number of benzene rings is 1. The van der Waals surface area contributed by atoms with Crippen LogP contribution in [-0.2, 0) is 6.54 Å². The first kappa shape index (κ1) is 16.0. The zero-order valence-corrected chi connectivity index (χ0v) is 13.2. The molecule has 1 unspecified atom stereocenters. The molecule has 1 aromatic carbocycles. The summed E-state index contributed by atoms with van der Waals surface area (Å²) in [6, 6.07) is 11.7. The van der Waals surface area contributed by atoms with Gasteiger partial charge in [-0.2, -0.15) is 0 Å². The first-order valence-electron chi connectivity index (χ1n) is 7.12. The van der Waals surface area contributed by atoms with Crippen molar-refractivity contribution in [3.8, 4) is 0 Å². The van der Waals surface area contributed by atoms with E-state index in [9.17, 15) is 5.11 Å². The van der Waals surface area contributed by atoms with Crippen molar-refractivity contribution in [2.24, 2.45) is 0 Å². The summed E-state index contributed by atoms with van der Waals surface area (Å²) in [7, 11) is 0. The van der Waals surface area contributed by atoms with E-state index >= 15 is 0 Å². The fraction of sp³-hybridized carbons (Fsp3) is 0.353. The van der Waals surface area contributed by atoms with Crippen LogP contribution in [0.2, 0.25) is 5.02 Å². The van der Waals surface area contributed by atoms with Crippen LogP contribution in [0, 0.1) is 0 Å². The third kappa shape index (κ3) is 4.81. The van der Waals surface area contributed by atoms with E-state index in [-0.39, 0.29) is 0 Å². The highest BCUT2D eigenvalue weighted by Crippen LogP contribution is 2.19. The summed E-state index contributed by atoms with van der Waals surface area (Å²) >= 11 is 5.88. The Labute approximate surface area is 131 Å². The highest BCUT2D eigenvalue weighted by atomic mass is 35.5. The van der Waals surface area contributed by atoms with E-state index in [0.717, 1.165) is 17.7 Å². The summed E-state index contributed by atoms with van der Waals surface area (Å²) in [6.45, 7) is 5.61. The molecule has 0 aliphatic carbocycles. The van der Waals surface area contributed by atoms with Crippen molar-refractivity contribution >= 4 is 11.6 Å². The molecule has 0 radical (unpaired) electrons. The van der Waals surface area contributed by atoms with Gasteiger partial charge in [0.2, 0.25) is 0 Å². The molecule has 0 saturated heterocycles. The van der Waals surface area contributed by atoms with Gasteiger partial charge < -0.3 is 5.11 Å². The van der Waals surface area contributed by atoms with Gasteiger partial charge in [-0.25, -0.2) is 0 Å². The second-order valence-electron chi connectivity index (χ2n) is 5.45. The van der Waals surface area contributed by atoms with Crippen molar-refractivity contribution in [2.45, 2.75) is 32.5 Å². The topological polar surface area (TPSA) is 36.4 Å². The number of nitrogens with zero attached hydrogens (tertiary/aromatic N) is 2. The van der Waals surface area contributed by atoms with E-state index in [4.69, 9.17) is 11.6 Å². The van der Waals surface area contributed by atoms with Crippen molar-refractivity contribution in [3.05, 3.63) is 64.9 Å². The molecule has 2 aromatic rings. The summed E-state index contributed by atoms with van der Waals surface area (Å²) in [5, 5.41) is 11.1. The van der Waals surface area contributed by atoms with Crippen LogP contribution >= 0.6 is 11.6 Å². The van der Waals surface area contributed by atoms with Crippen LogP contribution < -0.4 is 0 Å². The molecular weight excluding hydrogens is 284 g/mol. The lowest BCUT2D eigenvalue weighted by Gasteiger charge is -2.29. The molecule has 0 saturated carbocycles. The normalized spacial score (nSPS) is 12.9. The van der Waals surface area contributed by atoms with Crippen molar-refractivity contribution < 1.29 is 5.11 Å². The van der Waals surface area contributed by atoms with Crippen molar-refractivity contribution in [3.63, 3.8) is 0 Å². The minimum atomic E-state index is -0.527. The van der Waals surface area contributed by atoms with Crippen LogP contribution in [0.5, 0.6) is 0 Å². The summed E-state index contributed by atoms with van der Waals surface area (Å²) in [6.07, 6.45) is 3.11. The quantitative estimate of drug-likeness (QED) is 0.884. The Kier molecular flexibility index (Phi) is 5.74. The van der Waals surface area contributed by atoms with Gasteiger partial charge in [-0.05, 0) is 43.2 Å². The first-order valence-corrected chi connectivity index (χ1v) is 7.50. The van der Waals surface area contributed by atoms with Crippen molar-refractivity contribution in [1.82, 2.24) is 9.88 Å². The molecule has 2 rings (SSSR count). The fourth-order valence-corrected chi connectivity index (χ4v) is 2.32. The van der Waals surface area contributed by atoms with Gasteiger partial charge in [0.05, 0.1) is 6.10 Å². The highest BCUT2D eigenvalue weighted by Gasteiger charge is 2.16. The Hall–Kier alpha value is -1.42. The molecule has 0 aliphatic rings. The number of pyridine rings is 1. The number of hydrogen-bond acceptors (Lipinski definition) is 3. The minimum absolute atomic E-state index is 0.340. The van der Waals surface area contributed by atoms with Gasteiger partial charge in [0.1, 0.15) is 0 Å². The van der Waals surface area contributed by atoms with E-state index in [2.05, 4.69) is 29.8 Å². The molecule has 21 heavy (non-hydrogen) atoms. The molecule has 0 aliphatic heterocycles. The second kappa shape index (κ2) is 7.55. The Bertz CT molecular complexity index is 542. The molecule has 1 N–H and O–H groups in total. The third-order valence-corrected chi connectivity index (χ3v) is 3.75. The van der Waals surface area contributed by atoms with E-state index in [1.807, 2.05) is 24.4 Å². The lowest BCUT2D eigenvalue weighted by molar-refractivity contribution is 0.0907. The lowest BCUT2D eigenvalue weighted by Crippen LogP contribution is -2.34. The van der Waals surface area contributed by atoms with Gasteiger partial charge in [-0.15, -0.1) is 0 Å². The molecular formula is C17H21ClN2O. The average molecular weight is 305 g/mol. The smallest absolute Gasteiger partial charge is 0.0917 e. The van der Waals surface area contributed by atoms with E-state index < -0.39 is 6.10 Å². The number of hydrogen-bond donors (Lipinski definition) is 1. The molecule has 0 bridgehead atoms. The zero-order valence-electron chi connectivity index (χ0n) is 12.4. The largest absolute Gasteiger partial charge is 0.387 e. The fourth-order valence-electron chi connectivity index (χ4n) is 2.20. The van der Waals surface area contributed by atoms with Crippen LogP contribution in [0.15, 0.2) is 48.8 Å². The standard InChI is InChI=1S/C17H21ClN2O/c1-13(2)20(11-14-4-3-9-19-10-14)12-17(21)15-5-7-16(18)8-6-15/h3-10,13,17,21H,11-12H2,1-2H3. The van der Waals surface area contributed by atoms with Crippen molar-refractivity contribution in [1.29, 1.82) is 0 Å². The summed E-state index contributed by atoms with van der Waals surface area (Å²) < 4.78 is 0. The zero-order chi connectivity index (χ0) is 15.2. The molecule has 0 fully saturated rings. The monoisotopic (exact) mass is 304 g/mol. The lowest BCUT2D eigenvalue weighted by atomic mass is 10.1. The van der Waals surface area contributed by atoms with Gasteiger partial charge in [0.15, 0.2) is 0 Å². The SMILES string of the molecule is CC(C)N(Cc1cccnc1)CC(O)c1ccc(Cl)cc1. The molecule has 4 heteroatoms. The minimum Gasteiger partial charge on any atom is -0.387 e. The van der Waals surface area contributed by atoms with Gasteiger partial charge in [0, 0.05) is 36.5 Å². The molecule has 1 heterocycles. The molecule has 112 valence electrons. The predicted octanol–water partition coefficient (Wildman–Crippen LogP) is 3.68.